The zero-order chi connectivity index (χ0) is 20.6. The summed E-state index contributed by atoms with van der Waals surface area (Å²) in [7, 11) is 4.61. The Morgan fingerprint density at radius 2 is 1.80 bits per heavy atom. The van der Waals surface area contributed by atoms with E-state index in [0.717, 1.165) is 23.4 Å². The predicted octanol–water partition coefficient (Wildman–Crippen LogP) is 2.19. The first kappa shape index (κ1) is 23.2. The summed E-state index contributed by atoms with van der Waals surface area (Å²) in [5.74, 6) is -0.937. The Hall–Kier alpha value is -1.51. The number of halogens is 3. The van der Waals surface area contributed by atoms with Crippen LogP contribution >= 0.6 is 11.3 Å². The van der Waals surface area contributed by atoms with Crippen molar-refractivity contribution < 1.29 is 39.8 Å². The molecule has 0 aliphatic carbocycles. The van der Waals surface area contributed by atoms with E-state index in [4.69, 9.17) is 4.74 Å². The van der Waals surface area contributed by atoms with E-state index in [9.17, 15) is 13.6 Å². The summed E-state index contributed by atoms with van der Waals surface area (Å²) in [5, 5.41) is 3.69. The zero-order valence-corrected chi connectivity index (χ0v) is 19.6. The Kier molecular flexibility index (Phi) is 7.20. The van der Waals surface area contributed by atoms with Gasteiger partial charge in [-0.15, -0.1) is 0 Å². The SMILES string of the molecule is C[N+]1(C)[C@@H]2CC[C@H]1CC(COC(=O)N(Cc1cc(F)cc(F)c1)c1ccsc1)C2.[Br-]. The summed E-state index contributed by atoms with van der Waals surface area (Å²) in [6.07, 6.45) is 4.16. The first-order chi connectivity index (χ1) is 13.8. The maximum Gasteiger partial charge on any atom is 0.414 e. The van der Waals surface area contributed by atoms with Crippen molar-refractivity contribution in [2.45, 2.75) is 44.3 Å². The second kappa shape index (κ2) is 9.32. The Morgan fingerprint density at radius 3 is 2.37 bits per heavy atom. The number of rotatable bonds is 5. The third kappa shape index (κ3) is 4.86. The Balaban J connectivity index is 0.00000256. The summed E-state index contributed by atoms with van der Waals surface area (Å²) in [6, 6.07) is 6.40. The van der Waals surface area contributed by atoms with Crippen molar-refractivity contribution in [3.8, 4) is 0 Å². The number of hydrogen-bond donors (Lipinski definition) is 0. The molecule has 0 radical (unpaired) electrons. The summed E-state index contributed by atoms with van der Waals surface area (Å²) < 4.78 is 33.9. The van der Waals surface area contributed by atoms with Crippen LogP contribution in [-0.2, 0) is 11.3 Å². The average molecular weight is 501 g/mol. The molecule has 2 bridgehead atoms. The van der Waals surface area contributed by atoms with Crippen LogP contribution in [-0.4, -0.2) is 43.4 Å². The Bertz CT molecular complexity index is 842. The van der Waals surface area contributed by atoms with Crippen LogP contribution in [0.15, 0.2) is 35.0 Å². The molecule has 1 unspecified atom stereocenters. The third-order valence-electron chi connectivity index (χ3n) is 6.67. The zero-order valence-electron chi connectivity index (χ0n) is 17.2. The summed E-state index contributed by atoms with van der Waals surface area (Å²) in [6.45, 7) is 0.452. The summed E-state index contributed by atoms with van der Waals surface area (Å²) >= 11 is 1.46. The summed E-state index contributed by atoms with van der Waals surface area (Å²) in [5.41, 5.74) is 1.06. The van der Waals surface area contributed by atoms with E-state index in [1.54, 1.807) is 0 Å². The van der Waals surface area contributed by atoms with E-state index in [0.29, 0.717) is 35.9 Å². The van der Waals surface area contributed by atoms with E-state index in [2.05, 4.69) is 14.1 Å². The molecule has 164 valence electrons. The fourth-order valence-electron chi connectivity index (χ4n) is 4.95. The molecule has 1 aromatic heterocycles. The van der Waals surface area contributed by atoms with Crippen molar-refractivity contribution >= 4 is 23.1 Å². The number of hydrogen-bond acceptors (Lipinski definition) is 3. The van der Waals surface area contributed by atoms with Crippen LogP contribution in [0.5, 0.6) is 0 Å². The molecule has 0 N–H and O–H groups in total. The van der Waals surface area contributed by atoms with E-state index in [-0.39, 0.29) is 23.5 Å². The van der Waals surface area contributed by atoms with Gasteiger partial charge in [-0.25, -0.2) is 13.6 Å². The number of amides is 1. The molecule has 4 rings (SSSR count). The molecule has 2 aliphatic heterocycles. The van der Waals surface area contributed by atoms with E-state index in [1.165, 1.54) is 41.2 Å². The Morgan fingerprint density at radius 1 is 1.17 bits per heavy atom. The second-order valence-electron chi connectivity index (χ2n) is 8.77. The van der Waals surface area contributed by atoms with E-state index < -0.39 is 17.7 Å². The monoisotopic (exact) mass is 500 g/mol. The lowest BCUT2D eigenvalue weighted by Gasteiger charge is -2.44. The molecule has 1 aromatic carbocycles. The fraction of sp³-hybridized carbons (Fsp3) is 0.500. The normalized spacial score (nSPS) is 24.2. The summed E-state index contributed by atoms with van der Waals surface area (Å²) in [4.78, 5) is 14.3. The van der Waals surface area contributed by atoms with Crippen LogP contribution in [0, 0.1) is 17.6 Å². The van der Waals surface area contributed by atoms with Crippen molar-refractivity contribution in [1.82, 2.24) is 0 Å². The van der Waals surface area contributed by atoms with Gasteiger partial charge < -0.3 is 26.2 Å². The van der Waals surface area contributed by atoms with Crippen LogP contribution in [0.2, 0.25) is 0 Å². The van der Waals surface area contributed by atoms with Gasteiger partial charge in [0.25, 0.3) is 0 Å². The van der Waals surface area contributed by atoms with Gasteiger partial charge in [-0.05, 0) is 29.1 Å². The maximum absolute atomic E-state index is 13.6. The number of carbonyl (C=O) groups excluding carboxylic acids is 1. The topological polar surface area (TPSA) is 29.5 Å². The third-order valence-corrected chi connectivity index (χ3v) is 7.34. The number of benzene rings is 1. The molecule has 3 atom stereocenters. The number of anilines is 1. The molecular formula is C22H27BrF2N2O2S. The largest absolute Gasteiger partial charge is 1.00 e. The van der Waals surface area contributed by atoms with E-state index in [1.807, 2.05) is 16.8 Å². The number of quaternary nitrogens is 1. The number of nitrogens with zero attached hydrogens (tertiary/aromatic N) is 2. The molecular weight excluding hydrogens is 474 g/mol. The van der Waals surface area contributed by atoms with Crippen LogP contribution in [0.25, 0.3) is 0 Å². The van der Waals surface area contributed by atoms with Gasteiger partial charge in [0.15, 0.2) is 0 Å². The van der Waals surface area contributed by atoms with Gasteiger partial charge in [0, 0.05) is 43.0 Å². The van der Waals surface area contributed by atoms with Gasteiger partial charge in [-0.1, -0.05) is 0 Å². The quantitative estimate of drug-likeness (QED) is 0.589. The Labute approximate surface area is 190 Å². The standard InChI is InChI=1S/C22H27F2N2O2S.BrH/c1-26(2)20-3-4-21(26)10-16(9-20)13-28-22(27)25(19-5-6-29-14-19)12-15-7-17(23)11-18(24)8-15;/h5-8,11,14,16,20-21H,3-4,9-10,12-13H2,1-2H3;1H/q+1;/p-1/t16?,20-,21+;. The number of fused-ring (bicyclic) bond motifs is 2. The molecule has 4 nitrogen and oxygen atoms in total. The van der Waals surface area contributed by atoms with Crippen LogP contribution in [0.3, 0.4) is 0 Å². The molecule has 0 saturated carbocycles. The van der Waals surface area contributed by atoms with Crippen LogP contribution < -0.4 is 21.9 Å². The molecule has 0 spiro atoms. The average Bonchev–Trinajstić information content (AvgIpc) is 3.19. The molecule has 1 amide bonds. The minimum atomic E-state index is -0.656. The van der Waals surface area contributed by atoms with Crippen molar-refractivity contribution in [1.29, 1.82) is 0 Å². The van der Waals surface area contributed by atoms with Crippen molar-refractivity contribution in [2.75, 3.05) is 25.6 Å². The molecule has 2 aliphatic rings. The molecule has 30 heavy (non-hydrogen) atoms. The lowest BCUT2D eigenvalue weighted by molar-refractivity contribution is -0.931. The number of ether oxygens (including phenoxy) is 1. The first-order valence-corrected chi connectivity index (χ1v) is 11.0. The first-order valence-electron chi connectivity index (χ1n) is 10.1. The highest BCUT2D eigenvalue weighted by atomic mass is 79.9. The lowest BCUT2D eigenvalue weighted by Crippen LogP contribution is -3.00. The fourth-order valence-corrected chi connectivity index (χ4v) is 5.60. The smallest absolute Gasteiger partial charge is 0.414 e. The molecule has 2 saturated heterocycles. The second-order valence-corrected chi connectivity index (χ2v) is 9.55. The lowest BCUT2D eigenvalue weighted by atomic mass is 9.90. The highest BCUT2D eigenvalue weighted by Crippen LogP contribution is 2.42. The molecule has 8 heteroatoms. The highest BCUT2D eigenvalue weighted by molar-refractivity contribution is 7.08. The van der Waals surface area contributed by atoms with Crippen LogP contribution in [0.4, 0.5) is 19.3 Å². The van der Waals surface area contributed by atoms with Gasteiger partial charge >= 0.3 is 6.09 Å². The molecule has 2 aromatic rings. The van der Waals surface area contributed by atoms with Crippen molar-refractivity contribution in [2.24, 2.45) is 5.92 Å². The van der Waals surface area contributed by atoms with Gasteiger partial charge in [-0.2, -0.15) is 11.3 Å². The number of carbonyl (C=O) groups is 1. The number of thiophene rings is 1. The minimum absolute atomic E-state index is 0. The number of piperidine rings is 1. The molecule has 2 fully saturated rings. The van der Waals surface area contributed by atoms with Crippen LogP contribution in [0.1, 0.15) is 31.2 Å². The highest BCUT2D eigenvalue weighted by Gasteiger charge is 2.49. The van der Waals surface area contributed by atoms with Gasteiger partial charge in [0.1, 0.15) is 11.6 Å². The predicted molar refractivity (Wildman–Crippen MR) is 110 cm³/mol. The van der Waals surface area contributed by atoms with Crippen molar-refractivity contribution in [3.63, 3.8) is 0 Å². The van der Waals surface area contributed by atoms with Gasteiger partial charge in [0.2, 0.25) is 0 Å². The maximum atomic E-state index is 13.6. The van der Waals surface area contributed by atoms with Gasteiger partial charge in [-0.3, -0.25) is 4.90 Å². The van der Waals surface area contributed by atoms with E-state index >= 15 is 0 Å². The molecule has 3 heterocycles. The van der Waals surface area contributed by atoms with Gasteiger partial charge in [0.05, 0.1) is 45.0 Å². The van der Waals surface area contributed by atoms with Crippen molar-refractivity contribution in [3.05, 3.63) is 52.2 Å². The minimum Gasteiger partial charge on any atom is -1.00 e.